The van der Waals surface area contributed by atoms with Gasteiger partial charge in [-0.2, -0.15) is 0 Å². The Morgan fingerprint density at radius 1 is 1.02 bits per heavy atom. The molecular weight excluding hydrogens is 564 g/mol. The second-order valence-corrected chi connectivity index (χ2v) is 10.5. The van der Waals surface area contributed by atoms with Crippen molar-refractivity contribution in [3.05, 3.63) is 53.9 Å². The summed E-state index contributed by atoms with van der Waals surface area (Å²) in [5.74, 6) is -6.72. The van der Waals surface area contributed by atoms with Crippen molar-refractivity contribution < 1.29 is 52.8 Å². The van der Waals surface area contributed by atoms with Gasteiger partial charge < -0.3 is 34.1 Å². The lowest BCUT2D eigenvalue weighted by Gasteiger charge is -2.29. The molecule has 2 heterocycles. The predicted molar refractivity (Wildman–Crippen MR) is 148 cm³/mol. The first-order valence-electron chi connectivity index (χ1n) is 13.8. The molecule has 1 aliphatic rings. The molecule has 43 heavy (non-hydrogen) atoms. The topological polar surface area (TPSA) is 177 Å². The van der Waals surface area contributed by atoms with Gasteiger partial charge in [-0.15, -0.1) is 0 Å². The van der Waals surface area contributed by atoms with Crippen molar-refractivity contribution in [2.45, 2.75) is 59.3 Å². The number of aromatic hydroxyl groups is 1. The molecule has 0 bridgehead atoms. The molecule has 1 saturated heterocycles. The summed E-state index contributed by atoms with van der Waals surface area (Å²) < 4.78 is 26.9. The number of cyclic esters (lactones) is 2. The van der Waals surface area contributed by atoms with E-state index in [0.717, 1.165) is 17.8 Å². The van der Waals surface area contributed by atoms with E-state index in [9.17, 15) is 29.1 Å². The number of esters is 4. The van der Waals surface area contributed by atoms with Gasteiger partial charge in [0.05, 0.1) is 11.8 Å². The minimum Gasteiger partial charge on any atom is -0.504 e. The summed E-state index contributed by atoms with van der Waals surface area (Å²) in [5, 5.41) is 12.6. The lowest BCUT2D eigenvalue weighted by atomic mass is 9.91. The van der Waals surface area contributed by atoms with Crippen LogP contribution in [0.2, 0.25) is 0 Å². The van der Waals surface area contributed by atoms with Gasteiger partial charge >= 0.3 is 23.9 Å². The van der Waals surface area contributed by atoms with Crippen LogP contribution < -0.4 is 10.1 Å². The van der Waals surface area contributed by atoms with E-state index in [-0.39, 0.29) is 6.42 Å². The third kappa shape index (κ3) is 8.90. The molecule has 1 amide bonds. The summed E-state index contributed by atoms with van der Waals surface area (Å²) in [6.45, 7) is 6.76. The normalized spacial score (nSPS) is 20.6. The van der Waals surface area contributed by atoms with Crippen LogP contribution in [0, 0.1) is 17.8 Å². The number of benzene rings is 1. The Morgan fingerprint density at radius 3 is 2.35 bits per heavy atom. The molecule has 13 heteroatoms. The van der Waals surface area contributed by atoms with Crippen LogP contribution in [0.3, 0.4) is 0 Å². The third-order valence-corrected chi connectivity index (χ3v) is 6.44. The van der Waals surface area contributed by atoms with Gasteiger partial charge in [0.15, 0.2) is 29.3 Å². The maximum atomic E-state index is 13.4. The molecule has 0 aliphatic carbocycles. The Labute approximate surface area is 248 Å². The number of ether oxygens (including phenoxy) is 5. The van der Waals surface area contributed by atoms with Gasteiger partial charge in [0.2, 0.25) is 6.79 Å². The van der Waals surface area contributed by atoms with Crippen molar-refractivity contribution >= 4 is 29.8 Å². The van der Waals surface area contributed by atoms with Gasteiger partial charge in [-0.05, 0) is 18.9 Å². The standard InChI is InChI=1S/C30H36N2O11/c1-16(2)27(35)41-15-40-25-22(33)11-12-31-23(25)26(34)32-21-14-39-29(37)20(13-19-9-7-6-8-10-19)24(18(5)42-30(21)38)43-28(36)17(3)4/h6-12,16-18,20-21,24H,13-15H2,1-5H3,(H,31,33)(H,32,34)/t18-,20+,21-,24?/m0/s1. The second kappa shape index (κ2) is 15.0. The SMILES string of the molecule is CC(C)C(=O)OCOc1c(O)ccnc1C(=O)N[C@H]1COC(=O)[C@H](Cc2ccccc2)C(OC(=O)C(C)C)[C@H](C)OC1=O. The number of pyridine rings is 1. The summed E-state index contributed by atoms with van der Waals surface area (Å²) in [4.78, 5) is 67.9. The largest absolute Gasteiger partial charge is 0.504 e. The Bertz CT molecular complexity index is 1310. The van der Waals surface area contributed by atoms with Crippen molar-refractivity contribution in [3.63, 3.8) is 0 Å². The number of rotatable bonds is 10. The summed E-state index contributed by atoms with van der Waals surface area (Å²) in [7, 11) is 0. The number of nitrogens with zero attached hydrogens (tertiary/aromatic N) is 1. The van der Waals surface area contributed by atoms with E-state index in [1.165, 1.54) is 6.92 Å². The van der Waals surface area contributed by atoms with Crippen LogP contribution in [0.5, 0.6) is 11.5 Å². The fourth-order valence-electron chi connectivity index (χ4n) is 4.03. The maximum Gasteiger partial charge on any atom is 0.332 e. The zero-order valence-electron chi connectivity index (χ0n) is 24.6. The summed E-state index contributed by atoms with van der Waals surface area (Å²) in [6, 6.07) is 8.66. The molecule has 1 aromatic carbocycles. The number of carbonyl (C=O) groups excluding carboxylic acids is 5. The molecule has 2 aromatic rings. The molecule has 232 valence electrons. The monoisotopic (exact) mass is 600 g/mol. The maximum absolute atomic E-state index is 13.4. The van der Waals surface area contributed by atoms with Crippen LogP contribution in [0.25, 0.3) is 0 Å². The summed E-state index contributed by atoms with van der Waals surface area (Å²) in [5.41, 5.74) is 0.331. The smallest absolute Gasteiger partial charge is 0.332 e. The molecule has 1 aromatic heterocycles. The van der Waals surface area contributed by atoms with Crippen molar-refractivity contribution in [1.82, 2.24) is 10.3 Å². The number of aromatic nitrogens is 1. The van der Waals surface area contributed by atoms with Gasteiger partial charge in [0.1, 0.15) is 18.6 Å². The van der Waals surface area contributed by atoms with Crippen LogP contribution in [0.4, 0.5) is 0 Å². The number of amides is 1. The highest BCUT2D eigenvalue weighted by atomic mass is 16.7. The molecule has 0 saturated carbocycles. The highest BCUT2D eigenvalue weighted by Crippen LogP contribution is 2.29. The minimum absolute atomic E-state index is 0.129. The van der Waals surface area contributed by atoms with E-state index in [2.05, 4.69) is 10.3 Å². The Balaban J connectivity index is 1.83. The molecule has 0 radical (unpaired) electrons. The van der Waals surface area contributed by atoms with Crippen LogP contribution >= 0.6 is 0 Å². The molecule has 13 nitrogen and oxygen atoms in total. The molecule has 1 aliphatic heterocycles. The van der Waals surface area contributed by atoms with E-state index >= 15 is 0 Å². The van der Waals surface area contributed by atoms with E-state index in [1.807, 2.05) is 6.07 Å². The first kappa shape index (κ1) is 32.8. The Hall–Kier alpha value is -4.68. The predicted octanol–water partition coefficient (Wildman–Crippen LogP) is 2.34. The summed E-state index contributed by atoms with van der Waals surface area (Å²) >= 11 is 0. The van der Waals surface area contributed by atoms with Crippen LogP contribution in [-0.2, 0) is 44.5 Å². The van der Waals surface area contributed by atoms with Gasteiger partial charge in [-0.3, -0.25) is 19.2 Å². The van der Waals surface area contributed by atoms with Crippen LogP contribution in [0.15, 0.2) is 42.6 Å². The first-order valence-corrected chi connectivity index (χ1v) is 13.8. The number of carbonyl (C=O) groups is 5. The quantitative estimate of drug-likeness (QED) is 0.232. The Morgan fingerprint density at radius 2 is 1.70 bits per heavy atom. The molecule has 4 atom stereocenters. The van der Waals surface area contributed by atoms with Gasteiger partial charge in [0.25, 0.3) is 5.91 Å². The zero-order chi connectivity index (χ0) is 31.7. The number of hydrogen-bond donors (Lipinski definition) is 2. The molecule has 1 fully saturated rings. The third-order valence-electron chi connectivity index (χ3n) is 6.44. The van der Waals surface area contributed by atoms with E-state index < -0.39 is 96.4 Å². The van der Waals surface area contributed by atoms with Crippen molar-refractivity contribution in [2.24, 2.45) is 17.8 Å². The molecular formula is C30H36N2O11. The van der Waals surface area contributed by atoms with Crippen LogP contribution in [0.1, 0.15) is 50.7 Å². The molecule has 2 N–H and O–H groups in total. The Kier molecular flexibility index (Phi) is 11.4. The fourth-order valence-corrected chi connectivity index (χ4v) is 4.03. The molecule has 3 rings (SSSR count). The lowest BCUT2D eigenvalue weighted by molar-refractivity contribution is -0.176. The minimum atomic E-state index is -1.49. The van der Waals surface area contributed by atoms with Gasteiger partial charge in [-0.1, -0.05) is 58.0 Å². The summed E-state index contributed by atoms with van der Waals surface area (Å²) in [6.07, 6.45) is -1.02. The molecule has 0 spiro atoms. The second-order valence-electron chi connectivity index (χ2n) is 10.5. The zero-order valence-corrected chi connectivity index (χ0v) is 24.6. The van der Waals surface area contributed by atoms with Gasteiger partial charge in [0, 0.05) is 12.3 Å². The van der Waals surface area contributed by atoms with Crippen molar-refractivity contribution in [1.29, 1.82) is 0 Å². The van der Waals surface area contributed by atoms with Crippen LogP contribution in [-0.4, -0.2) is 71.5 Å². The average molecular weight is 601 g/mol. The van der Waals surface area contributed by atoms with Crippen molar-refractivity contribution in [2.75, 3.05) is 13.4 Å². The first-order chi connectivity index (χ1) is 20.4. The number of nitrogens with one attached hydrogen (secondary N) is 1. The lowest BCUT2D eigenvalue weighted by Crippen LogP contribution is -2.47. The fraction of sp³-hybridized carbons (Fsp3) is 0.467. The highest BCUT2D eigenvalue weighted by molar-refractivity contribution is 5.98. The van der Waals surface area contributed by atoms with E-state index in [1.54, 1.807) is 52.0 Å². The highest BCUT2D eigenvalue weighted by Gasteiger charge is 2.42. The van der Waals surface area contributed by atoms with Crippen molar-refractivity contribution in [3.8, 4) is 11.5 Å². The van der Waals surface area contributed by atoms with Gasteiger partial charge in [-0.25, -0.2) is 9.78 Å². The number of hydrogen-bond acceptors (Lipinski definition) is 12. The average Bonchev–Trinajstić information content (AvgIpc) is 3.00. The van der Waals surface area contributed by atoms with E-state index in [0.29, 0.717) is 0 Å². The molecule has 1 unspecified atom stereocenters. The van der Waals surface area contributed by atoms with E-state index in [4.69, 9.17) is 23.7 Å².